The second kappa shape index (κ2) is 6.68. The smallest absolute Gasteiger partial charge is 0.154 e. The fraction of sp³-hybridized carbons (Fsp3) is 0.474. The van der Waals surface area contributed by atoms with Crippen molar-refractivity contribution < 1.29 is 9.57 Å². The van der Waals surface area contributed by atoms with E-state index < -0.39 is 0 Å². The van der Waals surface area contributed by atoms with Gasteiger partial charge in [-0.3, -0.25) is 10.3 Å². The topological polar surface area (TPSA) is 59.0 Å². The van der Waals surface area contributed by atoms with Crippen molar-refractivity contribution in [1.29, 1.82) is 0 Å². The van der Waals surface area contributed by atoms with Crippen molar-refractivity contribution in [3.63, 3.8) is 0 Å². The lowest BCUT2D eigenvalue weighted by Gasteiger charge is -2.49. The van der Waals surface area contributed by atoms with Gasteiger partial charge in [0.1, 0.15) is 17.2 Å². The molecule has 0 saturated carbocycles. The number of pyridine rings is 1. The van der Waals surface area contributed by atoms with Crippen molar-refractivity contribution in [2.24, 2.45) is 10.9 Å². The molecular weight excluding hydrogens is 352 g/mol. The zero-order valence-electron chi connectivity index (χ0n) is 14.8. The van der Waals surface area contributed by atoms with E-state index in [1.165, 1.54) is 25.9 Å². The van der Waals surface area contributed by atoms with E-state index in [2.05, 4.69) is 15.4 Å². The lowest BCUT2D eigenvalue weighted by molar-refractivity contribution is -0.150. The molecule has 7 heteroatoms. The molecule has 1 aromatic carbocycles. The van der Waals surface area contributed by atoms with Crippen molar-refractivity contribution in [2.45, 2.75) is 24.9 Å². The van der Waals surface area contributed by atoms with Gasteiger partial charge in [0, 0.05) is 24.5 Å². The molecule has 6 rings (SSSR count). The third-order valence-corrected chi connectivity index (χ3v) is 5.83. The first kappa shape index (κ1) is 17.5. The van der Waals surface area contributed by atoms with Crippen LogP contribution in [-0.4, -0.2) is 48.1 Å². The zero-order chi connectivity index (χ0) is 16.9. The number of ether oxygens (including phenoxy) is 1. The molecule has 0 radical (unpaired) electrons. The minimum absolute atomic E-state index is 0. The molecule has 1 aromatic heterocycles. The molecule has 5 heterocycles. The minimum atomic E-state index is -0.0977. The Bertz CT molecular complexity index is 851. The van der Waals surface area contributed by atoms with Crippen molar-refractivity contribution >= 4 is 34.8 Å². The molecule has 0 aliphatic carbocycles. The first-order chi connectivity index (χ1) is 12.2. The molecule has 1 N–H and O–H groups in total. The highest BCUT2D eigenvalue weighted by atomic mass is 35.5. The molecule has 4 aliphatic heterocycles. The van der Waals surface area contributed by atoms with Gasteiger partial charge in [0.05, 0.1) is 7.11 Å². The number of hydroxylamine groups is 1. The summed E-state index contributed by atoms with van der Waals surface area (Å²) in [7, 11) is 1.67. The molecule has 2 aromatic rings. The number of aliphatic imine (C=N–C) groups is 1. The number of hydrogen-bond donors (Lipinski definition) is 1. The Morgan fingerprint density at radius 3 is 2.85 bits per heavy atom. The molecular formula is C19H23ClN4O2. The van der Waals surface area contributed by atoms with Crippen LogP contribution in [0, 0.1) is 5.92 Å². The van der Waals surface area contributed by atoms with Crippen LogP contribution in [0.1, 0.15) is 19.3 Å². The molecule has 1 spiro atoms. The molecule has 0 amide bonds. The van der Waals surface area contributed by atoms with Crippen LogP contribution in [0.2, 0.25) is 0 Å². The van der Waals surface area contributed by atoms with Gasteiger partial charge in [-0.25, -0.2) is 9.98 Å². The zero-order valence-corrected chi connectivity index (χ0v) is 15.6. The van der Waals surface area contributed by atoms with Crippen molar-refractivity contribution in [3.8, 4) is 5.75 Å². The molecule has 1 atom stereocenters. The molecule has 138 valence electrons. The summed E-state index contributed by atoms with van der Waals surface area (Å²) >= 11 is 0. The number of piperidine rings is 3. The molecule has 4 fully saturated rings. The molecule has 6 nitrogen and oxygen atoms in total. The Kier molecular flexibility index (Phi) is 4.50. The van der Waals surface area contributed by atoms with Crippen LogP contribution in [-0.2, 0) is 4.84 Å². The van der Waals surface area contributed by atoms with E-state index in [0.29, 0.717) is 11.7 Å². The largest absolute Gasteiger partial charge is 0.497 e. The molecule has 0 unspecified atom stereocenters. The molecule has 4 saturated heterocycles. The summed E-state index contributed by atoms with van der Waals surface area (Å²) in [6.45, 7) is 3.42. The maximum absolute atomic E-state index is 6.05. The predicted octanol–water partition coefficient (Wildman–Crippen LogP) is 3.08. The van der Waals surface area contributed by atoms with Gasteiger partial charge in [-0.05, 0) is 55.4 Å². The van der Waals surface area contributed by atoms with Gasteiger partial charge in [0.2, 0.25) is 0 Å². The van der Waals surface area contributed by atoms with Crippen molar-refractivity contribution in [2.75, 3.05) is 26.7 Å². The van der Waals surface area contributed by atoms with Crippen LogP contribution >= 0.6 is 12.4 Å². The van der Waals surface area contributed by atoms with Gasteiger partial charge in [-0.1, -0.05) is 6.07 Å². The minimum Gasteiger partial charge on any atom is -0.497 e. The Hall–Kier alpha value is -1.89. The lowest BCUT2D eigenvalue weighted by atomic mass is 9.74. The highest BCUT2D eigenvalue weighted by Gasteiger charge is 2.52. The number of hydrogen-bond acceptors (Lipinski definition) is 5. The second-order valence-corrected chi connectivity index (χ2v) is 7.31. The third kappa shape index (κ3) is 2.92. The van der Waals surface area contributed by atoms with Gasteiger partial charge < -0.3 is 9.64 Å². The van der Waals surface area contributed by atoms with Crippen LogP contribution in [0.3, 0.4) is 0 Å². The number of fused-ring (bicyclic) bond motifs is 3. The maximum atomic E-state index is 6.05. The van der Waals surface area contributed by atoms with Gasteiger partial charge in [-0.15, -0.1) is 12.4 Å². The van der Waals surface area contributed by atoms with Crippen LogP contribution in [0.25, 0.3) is 10.8 Å². The van der Waals surface area contributed by atoms with E-state index in [1.54, 1.807) is 7.11 Å². The number of halogens is 1. The number of aromatic nitrogens is 1. The average Bonchev–Trinajstić information content (AvgIpc) is 3.04. The summed E-state index contributed by atoms with van der Waals surface area (Å²) in [5.74, 6) is 3.06. The van der Waals surface area contributed by atoms with Gasteiger partial charge in [0.25, 0.3) is 0 Å². The number of methoxy groups -OCH3 is 1. The fourth-order valence-electron chi connectivity index (χ4n) is 4.45. The number of benzene rings is 1. The summed E-state index contributed by atoms with van der Waals surface area (Å²) < 4.78 is 5.26. The molecule has 26 heavy (non-hydrogen) atoms. The Morgan fingerprint density at radius 1 is 1.27 bits per heavy atom. The highest BCUT2D eigenvalue weighted by Crippen LogP contribution is 2.42. The van der Waals surface area contributed by atoms with Gasteiger partial charge in [-0.2, -0.15) is 0 Å². The Labute approximate surface area is 159 Å². The maximum Gasteiger partial charge on any atom is 0.154 e. The Morgan fingerprint density at radius 2 is 2.12 bits per heavy atom. The van der Waals surface area contributed by atoms with E-state index in [4.69, 9.17) is 14.6 Å². The SMILES string of the molecule is COc1ccc2cc(N=C3C[C@@]4(CN5CCC4CC5)ON3)ncc2c1.Cl. The lowest BCUT2D eigenvalue weighted by Crippen LogP contribution is -2.59. The third-order valence-electron chi connectivity index (χ3n) is 5.83. The number of nitrogens with zero attached hydrogens (tertiary/aromatic N) is 3. The monoisotopic (exact) mass is 374 g/mol. The second-order valence-electron chi connectivity index (χ2n) is 7.31. The normalized spacial score (nSPS) is 31.2. The van der Waals surface area contributed by atoms with Gasteiger partial charge >= 0.3 is 0 Å². The van der Waals surface area contributed by atoms with Crippen LogP contribution in [0.4, 0.5) is 5.82 Å². The summed E-state index contributed by atoms with van der Waals surface area (Å²) in [4.78, 5) is 17.7. The first-order valence-electron chi connectivity index (χ1n) is 8.92. The summed E-state index contributed by atoms with van der Waals surface area (Å²) in [6.07, 6.45) is 5.14. The number of amidine groups is 1. The van der Waals surface area contributed by atoms with E-state index in [9.17, 15) is 0 Å². The van der Waals surface area contributed by atoms with Crippen molar-refractivity contribution in [1.82, 2.24) is 15.4 Å². The van der Waals surface area contributed by atoms with Crippen molar-refractivity contribution in [3.05, 3.63) is 30.5 Å². The quantitative estimate of drug-likeness (QED) is 0.875. The Balaban J connectivity index is 0.00000168. The highest BCUT2D eigenvalue weighted by molar-refractivity contribution is 5.89. The first-order valence-corrected chi connectivity index (χ1v) is 8.92. The molecule has 2 bridgehead atoms. The number of rotatable bonds is 2. The number of nitrogens with one attached hydrogen (secondary N) is 1. The van der Waals surface area contributed by atoms with E-state index in [1.807, 2.05) is 30.5 Å². The standard InChI is InChI=1S/C19H22N4O2.ClH/c1-24-16-3-2-13-9-17(20-11-14(13)8-16)21-18-10-19(25-22-18)12-23-6-4-15(19)5-7-23;/h2-3,8-9,11,15H,4-7,10,12H2,1H3,(H,20,21,22);1H/t19-;/m0./s1. The predicted molar refractivity (Wildman–Crippen MR) is 103 cm³/mol. The van der Waals surface area contributed by atoms with Crippen LogP contribution < -0.4 is 10.2 Å². The summed E-state index contributed by atoms with van der Waals surface area (Å²) in [5, 5.41) is 2.15. The molecule has 4 aliphatic rings. The fourth-order valence-corrected chi connectivity index (χ4v) is 4.45. The van der Waals surface area contributed by atoms with Gasteiger partial charge in [0.15, 0.2) is 5.82 Å². The van der Waals surface area contributed by atoms with Crippen LogP contribution in [0.15, 0.2) is 35.5 Å². The van der Waals surface area contributed by atoms with E-state index in [0.717, 1.165) is 35.3 Å². The summed E-state index contributed by atoms with van der Waals surface area (Å²) in [6, 6.07) is 7.98. The summed E-state index contributed by atoms with van der Waals surface area (Å²) in [5.41, 5.74) is 2.98. The van der Waals surface area contributed by atoms with E-state index in [-0.39, 0.29) is 18.0 Å². The van der Waals surface area contributed by atoms with E-state index >= 15 is 0 Å². The average molecular weight is 375 g/mol. The van der Waals surface area contributed by atoms with Crippen LogP contribution in [0.5, 0.6) is 5.75 Å².